The maximum Gasteiger partial charge on any atom is 0.310 e. The molecule has 1 aliphatic carbocycles. The molecule has 0 aromatic carbocycles. The predicted molar refractivity (Wildman–Crippen MR) is 68.2 cm³/mol. The zero-order valence-electron chi connectivity index (χ0n) is 11.3. The minimum Gasteiger partial charge on any atom is -0.481 e. The van der Waals surface area contributed by atoms with Crippen molar-refractivity contribution in [2.24, 2.45) is 12.5 Å². The molecule has 0 spiro atoms. The molecule has 6 nitrogen and oxygen atoms in total. The van der Waals surface area contributed by atoms with Crippen molar-refractivity contribution >= 4 is 11.9 Å². The average molecular weight is 265 g/mol. The van der Waals surface area contributed by atoms with E-state index < -0.39 is 11.4 Å². The predicted octanol–water partition coefficient (Wildman–Crippen LogP) is 1.02. The molecule has 6 heteroatoms. The van der Waals surface area contributed by atoms with E-state index in [2.05, 4.69) is 5.10 Å². The number of aromatic nitrogens is 2. The Bertz CT molecular complexity index is 491. The number of carboxylic acid groups (broad SMARTS) is 1. The van der Waals surface area contributed by atoms with Crippen molar-refractivity contribution in [1.82, 2.24) is 14.7 Å². The zero-order valence-corrected chi connectivity index (χ0v) is 11.3. The summed E-state index contributed by atoms with van der Waals surface area (Å²) >= 11 is 0. The Morgan fingerprint density at radius 2 is 2.21 bits per heavy atom. The van der Waals surface area contributed by atoms with Gasteiger partial charge in [-0.15, -0.1) is 0 Å². The second-order valence-corrected chi connectivity index (χ2v) is 5.39. The number of aliphatic carboxylic acids is 1. The lowest BCUT2D eigenvalue weighted by Crippen LogP contribution is -2.42. The summed E-state index contributed by atoms with van der Waals surface area (Å²) in [5, 5.41) is 13.3. The molecule has 0 saturated heterocycles. The summed E-state index contributed by atoms with van der Waals surface area (Å²) < 4.78 is 1.68. The van der Waals surface area contributed by atoms with E-state index in [4.69, 9.17) is 0 Å². The van der Waals surface area contributed by atoms with Gasteiger partial charge >= 0.3 is 5.97 Å². The van der Waals surface area contributed by atoms with Crippen LogP contribution in [-0.2, 0) is 23.2 Å². The SMILES string of the molecule is CN(Cc1cnn(C)c1)C(=O)CC1(C(=O)O)CCC1. The van der Waals surface area contributed by atoms with Crippen molar-refractivity contribution < 1.29 is 14.7 Å². The van der Waals surface area contributed by atoms with Gasteiger partial charge in [0.2, 0.25) is 5.91 Å². The van der Waals surface area contributed by atoms with Gasteiger partial charge in [-0.05, 0) is 12.8 Å². The Kier molecular flexibility index (Phi) is 3.59. The third-order valence-corrected chi connectivity index (χ3v) is 3.86. The summed E-state index contributed by atoms with van der Waals surface area (Å²) in [6.45, 7) is 0.461. The summed E-state index contributed by atoms with van der Waals surface area (Å²) in [6.07, 6.45) is 5.76. The number of hydrogen-bond acceptors (Lipinski definition) is 3. The topological polar surface area (TPSA) is 75.4 Å². The van der Waals surface area contributed by atoms with E-state index in [1.807, 2.05) is 13.2 Å². The number of carboxylic acids is 1. The molecule has 1 aromatic rings. The van der Waals surface area contributed by atoms with Gasteiger partial charge in [0.25, 0.3) is 0 Å². The number of hydrogen-bond donors (Lipinski definition) is 1. The van der Waals surface area contributed by atoms with Gasteiger partial charge in [0.05, 0.1) is 11.6 Å². The van der Waals surface area contributed by atoms with Gasteiger partial charge in [-0.2, -0.15) is 5.10 Å². The van der Waals surface area contributed by atoms with Gasteiger partial charge in [-0.25, -0.2) is 0 Å². The summed E-state index contributed by atoms with van der Waals surface area (Å²) in [6, 6.07) is 0. The van der Waals surface area contributed by atoms with Crippen LogP contribution in [0.4, 0.5) is 0 Å². The fourth-order valence-electron chi connectivity index (χ4n) is 2.41. The standard InChI is InChI=1S/C13H19N3O3/c1-15(8-10-7-14-16(2)9-10)11(17)6-13(12(18)19)4-3-5-13/h7,9H,3-6,8H2,1-2H3,(H,18,19). The highest BCUT2D eigenvalue weighted by Crippen LogP contribution is 2.44. The molecule has 1 aliphatic rings. The van der Waals surface area contributed by atoms with Crippen molar-refractivity contribution in [2.45, 2.75) is 32.2 Å². The Hall–Kier alpha value is -1.85. The first-order valence-electron chi connectivity index (χ1n) is 6.38. The zero-order chi connectivity index (χ0) is 14.0. The molecule has 0 aliphatic heterocycles. The summed E-state index contributed by atoms with van der Waals surface area (Å²) in [7, 11) is 3.52. The molecular formula is C13H19N3O3. The molecule has 1 fully saturated rings. The van der Waals surface area contributed by atoms with Gasteiger partial charge in [0.1, 0.15) is 0 Å². The van der Waals surface area contributed by atoms with E-state index >= 15 is 0 Å². The Labute approximate surface area is 112 Å². The van der Waals surface area contributed by atoms with E-state index in [1.165, 1.54) is 0 Å². The number of amides is 1. The van der Waals surface area contributed by atoms with E-state index in [0.29, 0.717) is 19.4 Å². The molecule has 0 unspecified atom stereocenters. The fourth-order valence-corrected chi connectivity index (χ4v) is 2.41. The van der Waals surface area contributed by atoms with Crippen LogP contribution in [0.5, 0.6) is 0 Å². The van der Waals surface area contributed by atoms with Crippen LogP contribution in [-0.4, -0.2) is 38.7 Å². The largest absolute Gasteiger partial charge is 0.481 e. The van der Waals surface area contributed by atoms with Crippen LogP contribution in [0.2, 0.25) is 0 Å². The summed E-state index contributed by atoms with van der Waals surface area (Å²) in [5.74, 6) is -0.965. The molecule has 2 rings (SSSR count). The summed E-state index contributed by atoms with van der Waals surface area (Å²) in [5.41, 5.74) is 0.122. The molecular weight excluding hydrogens is 246 g/mol. The minimum absolute atomic E-state index is 0.0963. The van der Waals surface area contributed by atoms with E-state index in [9.17, 15) is 14.7 Å². The van der Waals surface area contributed by atoms with Crippen LogP contribution in [0.15, 0.2) is 12.4 Å². The van der Waals surface area contributed by atoms with Gasteiger partial charge in [-0.3, -0.25) is 14.3 Å². The first-order chi connectivity index (χ1) is 8.93. The van der Waals surface area contributed by atoms with Crippen LogP contribution in [0.3, 0.4) is 0 Å². The number of nitrogens with zero attached hydrogens (tertiary/aromatic N) is 3. The van der Waals surface area contributed by atoms with Crippen LogP contribution in [0.1, 0.15) is 31.2 Å². The quantitative estimate of drug-likeness (QED) is 0.862. The van der Waals surface area contributed by atoms with E-state index in [0.717, 1.165) is 12.0 Å². The molecule has 1 saturated carbocycles. The fraction of sp³-hybridized carbons (Fsp3) is 0.615. The Morgan fingerprint density at radius 3 is 2.63 bits per heavy atom. The molecule has 0 atom stereocenters. The summed E-state index contributed by atoms with van der Waals surface area (Å²) in [4.78, 5) is 24.9. The molecule has 0 radical (unpaired) electrons. The highest BCUT2D eigenvalue weighted by Gasteiger charge is 2.46. The van der Waals surface area contributed by atoms with Gasteiger partial charge in [0, 0.05) is 38.8 Å². The molecule has 1 aromatic heterocycles. The lowest BCUT2D eigenvalue weighted by molar-refractivity contribution is -0.159. The molecule has 1 N–H and O–H groups in total. The first-order valence-corrected chi connectivity index (χ1v) is 6.38. The lowest BCUT2D eigenvalue weighted by Gasteiger charge is -2.37. The third kappa shape index (κ3) is 2.77. The number of aryl methyl sites for hydroxylation is 1. The number of carbonyl (C=O) groups is 2. The average Bonchev–Trinajstić information content (AvgIpc) is 2.68. The number of rotatable bonds is 5. The minimum atomic E-state index is -0.845. The smallest absolute Gasteiger partial charge is 0.310 e. The van der Waals surface area contributed by atoms with Crippen LogP contribution < -0.4 is 0 Å². The molecule has 0 bridgehead atoms. The molecule has 1 heterocycles. The number of carbonyl (C=O) groups excluding carboxylic acids is 1. The Balaban J connectivity index is 1.94. The highest BCUT2D eigenvalue weighted by atomic mass is 16.4. The maximum atomic E-state index is 12.1. The van der Waals surface area contributed by atoms with Crippen molar-refractivity contribution in [1.29, 1.82) is 0 Å². The molecule has 19 heavy (non-hydrogen) atoms. The first kappa shape index (κ1) is 13.6. The Morgan fingerprint density at radius 1 is 1.53 bits per heavy atom. The molecule has 1 amide bonds. The van der Waals surface area contributed by atoms with Gasteiger partial charge in [0.15, 0.2) is 0 Å². The molecule has 104 valence electrons. The van der Waals surface area contributed by atoms with Gasteiger partial charge < -0.3 is 10.0 Å². The third-order valence-electron chi connectivity index (χ3n) is 3.86. The normalized spacial score (nSPS) is 16.7. The monoisotopic (exact) mass is 265 g/mol. The second kappa shape index (κ2) is 5.03. The highest BCUT2D eigenvalue weighted by molar-refractivity contribution is 5.85. The maximum absolute atomic E-state index is 12.1. The lowest BCUT2D eigenvalue weighted by atomic mass is 9.66. The van der Waals surface area contributed by atoms with Gasteiger partial charge in [-0.1, -0.05) is 6.42 Å². The van der Waals surface area contributed by atoms with E-state index in [-0.39, 0.29) is 12.3 Å². The van der Waals surface area contributed by atoms with Crippen LogP contribution >= 0.6 is 0 Å². The van der Waals surface area contributed by atoms with Crippen molar-refractivity contribution in [2.75, 3.05) is 7.05 Å². The van der Waals surface area contributed by atoms with Crippen LogP contribution in [0.25, 0.3) is 0 Å². The second-order valence-electron chi connectivity index (χ2n) is 5.39. The van der Waals surface area contributed by atoms with Crippen molar-refractivity contribution in [3.05, 3.63) is 18.0 Å². The van der Waals surface area contributed by atoms with E-state index in [1.54, 1.807) is 22.8 Å². The van der Waals surface area contributed by atoms with Crippen LogP contribution in [0, 0.1) is 5.41 Å². The van der Waals surface area contributed by atoms with Crippen molar-refractivity contribution in [3.8, 4) is 0 Å². The van der Waals surface area contributed by atoms with Crippen molar-refractivity contribution in [3.63, 3.8) is 0 Å².